The summed E-state index contributed by atoms with van der Waals surface area (Å²) >= 11 is 5.92. The molecule has 2 aromatic rings. The Balaban J connectivity index is 1.48. The van der Waals surface area contributed by atoms with Gasteiger partial charge in [-0.15, -0.1) is 0 Å². The van der Waals surface area contributed by atoms with Gasteiger partial charge in [-0.2, -0.15) is 0 Å². The zero-order chi connectivity index (χ0) is 21.8. The number of nitrogens with one attached hydrogen (secondary N) is 1. The van der Waals surface area contributed by atoms with Crippen LogP contribution in [0.15, 0.2) is 54.3 Å². The third kappa shape index (κ3) is 5.28. The Kier molecular flexibility index (Phi) is 6.62. The third-order valence-electron chi connectivity index (χ3n) is 5.87. The highest BCUT2D eigenvalue weighted by Gasteiger charge is 2.42. The lowest BCUT2D eigenvalue weighted by molar-refractivity contribution is -0.151. The Morgan fingerprint density at radius 2 is 1.97 bits per heavy atom. The standard InChI is InChI=1S/C25H27ClN2O3/c1-17-5-4-6-19(13-17)14-23-25(30)28(21-7-2-3-8-22(21)31-23)16-24(29)27-15-18-9-11-20(26)12-10-18/h4-6,9-14,21-22H,2-3,7-8,15-16H2,1H3,(H,27,29)/b23-14+. The molecule has 2 amide bonds. The van der Waals surface area contributed by atoms with Crippen molar-refractivity contribution < 1.29 is 14.3 Å². The Labute approximate surface area is 188 Å². The number of ether oxygens (including phenoxy) is 1. The Bertz CT molecular complexity index is 987. The van der Waals surface area contributed by atoms with Gasteiger partial charge in [-0.3, -0.25) is 9.59 Å². The Morgan fingerprint density at radius 1 is 1.19 bits per heavy atom. The quantitative estimate of drug-likeness (QED) is 0.700. The van der Waals surface area contributed by atoms with E-state index in [0.29, 0.717) is 17.3 Å². The number of aryl methyl sites for hydroxylation is 1. The zero-order valence-corrected chi connectivity index (χ0v) is 18.4. The molecule has 2 fully saturated rings. The first-order valence-electron chi connectivity index (χ1n) is 10.8. The summed E-state index contributed by atoms with van der Waals surface area (Å²) in [5.41, 5.74) is 3.00. The molecular weight excluding hydrogens is 412 g/mol. The fourth-order valence-electron chi connectivity index (χ4n) is 4.29. The van der Waals surface area contributed by atoms with Gasteiger partial charge in [0, 0.05) is 11.6 Å². The van der Waals surface area contributed by atoms with Crippen LogP contribution in [0.2, 0.25) is 5.02 Å². The molecule has 1 aliphatic carbocycles. The van der Waals surface area contributed by atoms with Gasteiger partial charge in [0.25, 0.3) is 5.91 Å². The number of morpholine rings is 1. The van der Waals surface area contributed by atoms with E-state index in [0.717, 1.165) is 42.4 Å². The van der Waals surface area contributed by atoms with Crippen LogP contribution in [0.4, 0.5) is 0 Å². The van der Waals surface area contributed by atoms with Crippen LogP contribution in [0.5, 0.6) is 0 Å². The number of nitrogens with zero attached hydrogens (tertiary/aromatic N) is 1. The van der Waals surface area contributed by atoms with Crippen LogP contribution in [-0.4, -0.2) is 35.4 Å². The zero-order valence-electron chi connectivity index (χ0n) is 17.6. The minimum absolute atomic E-state index is 0.0299. The van der Waals surface area contributed by atoms with E-state index in [4.69, 9.17) is 16.3 Å². The van der Waals surface area contributed by atoms with Gasteiger partial charge in [-0.1, -0.05) is 60.0 Å². The lowest BCUT2D eigenvalue weighted by Gasteiger charge is -2.44. The molecular formula is C25H27ClN2O3. The van der Waals surface area contributed by atoms with Gasteiger partial charge in [-0.05, 0) is 55.5 Å². The van der Waals surface area contributed by atoms with Crippen LogP contribution in [0, 0.1) is 6.92 Å². The summed E-state index contributed by atoms with van der Waals surface area (Å²) in [5.74, 6) is -0.0741. The van der Waals surface area contributed by atoms with E-state index in [1.165, 1.54) is 0 Å². The van der Waals surface area contributed by atoms with E-state index in [1.54, 1.807) is 23.1 Å². The minimum Gasteiger partial charge on any atom is -0.482 e. The van der Waals surface area contributed by atoms with Crippen LogP contribution < -0.4 is 5.32 Å². The Hall–Kier alpha value is -2.79. The van der Waals surface area contributed by atoms with Crippen molar-refractivity contribution in [2.75, 3.05) is 6.54 Å². The van der Waals surface area contributed by atoms with Gasteiger partial charge < -0.3 is 15.0 Å². The van der Waals surface area contributed by atoms with Gasteiger partial charge in [-0.25, -0.2) is 0 Å². The third-order valence-corrected chi connectivity index (χ3v) is 6.13. The maximum absolute atomic E-state index is 13.3. The number of rotatable bonds is 5. The summed E-state index contributed by atoms with van der Waals surface area (Å²) in [6, 6.07) is 15.2. The van der Waals surface area contributed by atoms with E-state index in [-0.39, 0.29) is 30.5 Å². The number of amides is 2. The monoisotopic (exact) mass is 438 g/mol. The van der Waals surface area contributed by atoms with E-state index >= 15 is 0 Å². The van der Waals surface area contributed by atoms with Crippen molar-refractivity contribution in [2.45, 2.75) is 51.3 Å². The van der Waals surface area contributed by atoms with Gasteiger partial charge >= 0.3 is 0 Å². The molecule has 1 aliphatic heterocycles. The van der Waals surface area contributed by atoms with E-state index < -0.39 is 0 Å². The van der Waals surface area contributed by atoms with Gasteiger partial charge in [0.2, 0.25) is 5.91 Å². The number of hydrogen-bond donors (Lipinski definition) is 1. The molecule has 162 valence electrons. The fraction of sp³-hybridized carbons (Fsp3) is 0.360. The Morgan fingerprint density at radius 3 is 2.74 bits per heavy atom. The van der Waals surface area contributed by atoms with Gasteiger partial charge in [0.15, 0.2) is 5.76 Å². The maximum Gasteiger partial charge on any atom is 0.289 e. The second kappa shape index (κ2) is 9.56. The van der Waals surface area contributed by atoms with E-state index in [9.17, 15) is 9.59 Å². The van der Waals surface area contributed by atoms with Crippen LogP contribution in [-0.2, 0) is 20.9 Å². The van der Waals surface area contributed by atoms with Crippen molar-refractivity contribution in [1.82, 2.24) is 10.2 Å². The number of hydrogen-bond acceptors (Lipinski definition) is 3. The molecule has 1 heterocycles. The number of carbonyl (C=O) groups excluding carboxylic acids is 2. The molecule has 2 unspecified atom stereocenters. The van der Waals surface area contributed by atoms with E-state index in [1.807, 2.05) is 43.3 Å². The molecule has 0 bridgehead atoms. The summed E-state index contributed by atoms with van der Waals surface area (Å²) in [7, 11) is 0. The number of halogens is 1. The fourth-order valence-corrected chi connectivity index (χ4v) is 4.41. The van der Waals surface area contributed by atoms with Crippen LogP contribution >= 0.6 is 11.6 Å². The van der Waals surface area contributed by atoms with Crippen molar-refractivity contribution in [3.05, 3.63) is 76.0 Å². The maximum atomic E-state index is 13.3. The SMILES string of the molecule is Cc1cccc(/C=C2/OC3CCCCC3N(CC(=O)NCc3ccc(Cl)cc3)C2=O)c1. The van der Waals surface area contributed by atoms with Crippen molar-refractivity contribution in [3.8, 4) is 0 Å². The lowest BCUT2D eigenvalue weighted by Crippen LogP contribution is -2.57. The highest BCUT2D eigenvalue weighted by molar-refractivity contribution is 6.30. The second-order valence-electron chi connectivity index (χ2n) is 8.27. The summed E-state index contributed by atoms with van der Waals surface area (Å²) in [6.45, 7) is 2.44. The molecule has 0 radical (unpaired) electrons. The van der Waals surface area contributed by atoms with Crippen LogP contribution in [0.1, 0.15) is 42.4 Å². The molecule has 1 saturated heterocycles. The van der Waals surface area contributed by atoms with E-state index in [2.05, 4.69) is 5.32 Å². The molecule has 5 nitrogen and oxygen atoms in total. The minimum atomic E-state index is -0.216. The van der Waals surface area contributed by atoms with Gasteiger partial charge in [0.05, 0.1) is 6.04 Å². The highest BCUT2D eigenvalue weighted by Crippen LogP contribution is 2.33. The molecule has 2 atom stereocenters. The predicted octanol–water partition coefficient (Wildman–Crippen LogP) is 4.48. The summed E-state index contributed by atoms with van der Waals surface area (Å²) < 4.78 is 6.12. The number of benzene rings is 2. The molecule has 0 spiro atoms. The second-order valence-corrected chi connectivity index (χ2v) is 8.70. The molecule has 1 saturated carbocycles. The summed E-state index contributed by atoms with van der Waals surface area (Å²) in [4.78, 5) is 27.6. The lowest BCUT2D eigenvalue weighted by atomic mass is 9.89. The molecule has 0 aromatic heterocycles. The normalized spacial score (nSPS) is 22.1. The van der Waals surface area contributed by atoms with Crippen molar-refractivity contribution in [2.24, 2.45) is 0 Å². The molecule has 31 heavy (non-hydrogen) atoms. The number of carbonyl (C=O) groups is 2. The van der Waals surface area contributed by atoms with Crippen molar-refractivity contribution in [3.63, 3.8) is 0 Å². The molecule has 2 aliphatic rings. The predicted molar refractivity (Wildman–Crippen MR) is 121 cm³/mol. The first-order valence-corrected chi connectivity index (χ1v) is 11.1. The van der Waals surface area contributed by atoms with Crippen molar-refractivity contribution in [1.29, 1.82) is 0 Å². The largest absolute Gasteiger partial charge is 0.482 e. The summed E-state index contributed by atoms with van der Waals surface area (Å²) in [5, 5.41) is 3.58. The molecule has 6 heteroatoms. The first-order chi connectivity index (χ1) is 15.0. The first kappa shape index (κ1) is 21.4. The van der Waals surface area contributed by atoms with Crippen LogP contribution in [0.25, 0.3) is 6.08 Å². The topological polar surface area (TPSA) is 58.6 Å². The molecule has 1 N–H and O–H groups in total. The average Bonchev–Trinajstić information content (AvgIpc) is 2.76. The van der Waals surface area contributed by atoms with Crippen LogP contribution in [0.3, 0.4) is 0 Å². The average molecular weight is 439 g/mol. The summed E-state index contributed by atoms with van der Waals surface area (Å²) in [6.07, 6.45) is 5.59. The smallest absolute Gasteiger partial charge is 0.289 e. The van der Waals surface area contributed by atoms with Crippen molar-refractivity contribution >= 4 is 29.5 Å². The molecule has 2 aromatic carbocycles. The highest BCUT2D eigenvalue weighted by atomic mass is 35.5. The van der Waals surface area contributed by atoms with Gasteiger partial charge in [0.1, 0.15) is 12.6 Å². The molecule has 4 rings (SSSR count). The number of fused-ring (bicyclic) bond motifs is 1.